The molecule has 0 radical (unpaired) electrons. The summed E-state index contributed by atoms with van der Waals surface area (Å²) in [6.07, 6.45) is 1.57. The van der Waals surface area contributed by atoms with Crippen LogP contribution >= 0.6 is 0 Å². The summed E-state index contributed by atoms with van der Waals surface area (Å²) >= 11 is 0. The van der Waals surface area contributed by atoms with E-state index in [-0.39, 0.29) is 11.7 Å². The molecule has 5 nitrogen and oxygen atoms in total. The summed E-state index contributed by atoms with van der Waals surface area (Å²) in [5, 5.41) is 2.64. The number of carbonyl (C=O) groups is 1. The maximum Gasteiger partial charge on any atom is 0.241 e. The molecule has 106 valence electrons. The standard InChI is InChI=1S/C13H20N2O3S/c1-10-4-6-11(7-5-10)12(14)13(16)15-8-3-9-19(2,17)18/h4-7,12H,3,8-9,14H2,1-2H3,(H,15,16). The monoisotopic (exact) mass is 284 g/mol. The first-order chi connectivity index (χ1) is 8.79. The van der Waals surface area contributed by atoms with Crippen molar-refractivity contribution in [2.75, 3.05) is 18.6 Å². The molecular weight excluding hydrogens is 264 g/mol. The van der Waals surface area contributed by atoms with Crippen LogP contribution < -0.4 is 11.1 Å². The molecule has 0 aliphatic carbocycles. The van der Waals surface area contributed by atoms with Crippen molar-refractivity contribution in [2.24, 2.45) is 5.73 Å². The summed E-state index contributed by atoms with van der Waals surface area (Å²) in [5.41, 5.74) is 7.67. The third-order valence-corrected chi connectivity index (χ3v) is 3.74. The summed E-state index contributed by atoms with van der Waals surface area (Å²) in [4.78, 5) is 11.8. The van der Waals surface area contributed by atoms with Gasteiger partial charge in [0.25, 0.3) is 0 Å². The number of hydrogen-bond acceptors (Lipinski definition) is 4. The van der Waals surface area contributed by atoms with Gasteiger partial charge < -0.3 is 11.1 Å². The molecule has 0 saturated heterocycles. The van der Waals surface area contributed by atoms with Crippen LogP contribution in [0.5, 0.6) is 0 Å². The fourth-order valence-electron chi connectivity index (χ4n) is 1.58. The molecule has 0 spiro atoms. The van der Waals surface area contributed by atoms with Crippen LogP contribution in [0.4, 0.5) is 0 Å². The Morgan fingerprint density at radius 3 is 2.42 bits per heavy atom. The van der Waals surface area contributed by atoms with Crippen molar-refractivity contribution < 1.29 is 13.2 Å². The van der Waals surface area contributed by atoms with Crippen molar-refractivity contribution in [3.8, 4) is 0 Å². The maximum atomic E-state index is 11.8. The average molecular weight is 284 g/mol. The van der Waals surface area contributed by atoms with Crippen molar-refractivity contribution in [2.45, 2.75) is 19.4 Å². The largest absolute Gasteiger partial charge is 0.354 e. The molecule has 1 rings (SSSR count). The quantitative estimate of drug-likeness (QED) is 0.746. The van der Waals surface area contributed by atoms with Gasteiger partial charge in [-0.2, -0.15) is 0 Å². The Hall–Kier alpha value is -1.40. The van der Waals surface area contributed by atoms with E-state index in [2.05, 4.69) is 5.32 Å². The number of amides is 1. The zero-order chi connectivity index (χ0) is 14.5. The summed E-state index contributed by atoms with van der Waals surface area (Å²) in [7, 11) is -2.98. The van der Waals surface area contributed by atoms with Gasteiger partial charge in [-0.3, -0.25) is 4.79 Å². The minimum Gasteiger partial charge on any atom is -0.354 e. The second-order valence-corrected chi connectivity index (χ2v) is 6.92. The van der Waals surface area contributed by atoms with Crippen molar-refractivity contribution in [3.63, 3.8) is 0 Å². The summed E-state index contributed by atoms with van der Waals surface area (Å²) in [6, 6.07) is 6.70. The Kier molecular flexibility index (Phi) is 5.50. The van der Waals surface area contributed by atoms with Crippen molar-refractivity contribution >= 4 is 15.7 Å². The number of sulfone groups is 1. The fraction of sp³-hybridized carbons (Fsp3) is 0.462. The number of nitrogens with one attached hydrogen (secondary N) is 1. The molecule has 3 N–H and O–H groups in total. The molecule has 0 heterocycles. The highest BCUT2D eigenvalue weighted by Crippen LogP contribution is 2.11. The van der Waals surface area contributed by atoms with Crippen LogP contribution in [0.1, 0.15) is 23.6 Å². The second kappa shape index (κ2) is 6.68. The minimum absolute atomic E-state index is 0.0625. The third kappa shape index (κ3) is 5.85. The van der Waals surface area contributed by atoms with Gasteiger partial charge in [0, 0.05) is 12.8 Å². The van der Waals surface area contributed by atoms with E-state index >= 15 is 0 Å². The fourth-order valence-corrected chi connectivity index (χ4v) is 2.25. The van der Waals surface area contributed by atoms with E-state index in [1.165, 1.54) is 6.26 Å². The van der Waals surface area contributed by atoms with Crippen LogP contribution in [0.3, 0.4) is 0 Å². The predicted molar refractivity (Wildman–Crippen MR) is 75.4 cm³/mol. The van der Waals surface area contributed by atoms with Gasteiger partial charge in [0.2, 0.25) is 5.91 Å². The van der Waals surface area contributed by atoms with E-state index in [0.717, 1.165) is 11.1 Å². The molecule has 1 aromatic rings. The summed E-state index contributed by atoms with van der Waals surface area (Å²) < 4.78 is 21.9. The van der Waals surface area contributed by atoms with E-state index in [4.69, 9.17) is 5.73 Å². The highest BCUT2D eigenvalue weighted by molar-refractivity contribution is 7.90. The topological polar surface area (TPSA) is 89.3 Å². The normalized spacial score (nSPS) is 13.0. The summed E-state index contributed by atoms with van der Waals surface area (Å²) in [5.74, 6) is -0.232. The molecule has 0 aliphatic rings. The van der Waals surface area contributed by atoms with Crippen LogP contribution in [0, 0.1) is 6.92 Å². The van der Waals surface area contributed by atoms with Gasteiger partial charge in [-0.05, 0) is 18.9 Å². The van der Waals surface area contributed by atoms with Gasteiger partial charge >= 0.3 is 0 Å². The Bertz CT molecular complexity index is 523. The number of nitrogens with two attached hydrogens (primary N) is 1. The van der Waals surface area contributed by atoms with Crippen molar-refractivity contribution in [1.29, 1.82) is 0 Å². The van der Waals surface area contributed by atoms with Crippen molar-refractivity contribution in [3.05, 3.63) is 35.4 Å². The Morgan fingerprint density at radius 1 is 1.32 bits per heavy atom. The zero-order valence-electron chi connectivity index (χ0n) is 11.2. The molecule has 1 amide bonds. The minimum atomic E-state index is -2.98. The van der Waals surface area contributed by atoms with E-state index in [1.807, 2.05) is 31.2 Å². The first-order valence-corrected chi connectivity index (χ1v) is 8.13. The SMILES string of the molecule is Cc1ccc(C(N)C(=O)NCCCS(C)(=O)=O)cc1. The van der Waals surface area contributed by atoms with Crippen LogP contribution in [0.15, 0.2) is 24.3 Å². The van der Waals surface area contributed by atoms with Gasteiger partial charge in [-0.25, -0.2) is 8.42 Å². The lowest BCUT2D eigenvalue weighted by Gasteiger charge is -2.12. The highest BCUT2D eigenvalue weighted by atomic mass is 32.2. The molecule has 1 unspecified atom stereocenters. The lowest BCUT2D eigenvalue weighted by atomic mass is 10.1. The number of hydrogen-bond donors (Lipinski definition) is 2. The van der Waals surface area contributed by atoms with Gasteiger partial charge in [0.15, 0.2) is 0 Å². The molecule has 0 fully saturated rings. The first kappa shape index (κ1) is 15.7. The van der Waals surface area contributed by atoms with Crippen LogP contribution in [-0.2, 0) is 14.6 Å². The lowest BCUT2D eigenvalue weighted by Crippen LogP contribution is -2.35. The number of benzene rings is 1. The molecule has 0 bridgehead atoms. The Balaban J connectivity index is 2.43. The van der Waals surface area contributed by atoms with Crippen LogP contribution in [0.2, 0.25) is 0 Å². The average Bonchev–Trinajstić information content (AvgIpc) is 2.33. The number of carbonyl (C=O) groups excluding carboxylic acids is 1. The molecule has 6 heteroatoms. The Labute approximate surface area is 114 Å². The molecule has 1 aromatic carbocycles. The van der Waals surface area contributed by atoms with E-state index < -0.39 is 15.9 Å². The van der Waals surface area contributed by atoms with Crippen molar-refractivity contribution in [1.82, 2.24) is 5.32 Å². The lowest BCUT2D eigenvalue weighted by molar-refractivity contribution is -0.122. The molecule has 0 aliphatic heterocycles. The zero-order valence-corrected chi connectivity index (χ0v) is 12.0. The highest BCUT2D eigenvalue weighted by Gasteiger charge is 2.15. The van der Waals surface area contributed by atoms with Gasteiger partial charge in [0.05, 0.1) is 5.75 Å². The smallest absolute Gasteiger partial charge is 0.241 e. The maximum absolute atomic E-state index is 11.8. The molecule has 19 heavy (non-hydrogen) atoms. The molecule has 1 atom stereocenters. The van der Waals surface area contributed by atoms with Crippen LogP contribution in [0.25, 0.3) is 0 Å². The molecule has 0 aromatic heterocycles. The third-order valence-electron chi connectivity index (χ3n) is 2.71. The van der Waals surface area contributed by atoms with Gasteiger partial charge in [-0.15, -0.1) is 0 Å². The van der Waals surface area contributed by atoms with Gasteiger partial charge in [0.1, 0.15) is 15.9 Å². The van der Waals surface area contributed by atoms with Gasteiger partial charge in [-0.1, -0.05) is 29.8 Å². The molecular formula is C13H20N2O3S. The first-order valence-electron chi connectivity index (χ1n) is 6.07. The van der Waals surface area contributed by atoms with Crippen LogP contribution in [-0.4, -0.2) is 32.9 Å². The summed E-state index contributed by atoms with van der Waals surface area (Å²) in [6.45, 7) is 2.27. The number of aryl methyl sites for hydroxylation is 1. The Morgan fingerprint density at radius 2 is 1.89 bits per heavy atom. The predicted octanol–water partition coefficient (Wildman–Crippen LogP) is 0.546. The van der Waals surface area contributed by atoms with E-state index in [0.29, 0.717) is 13.0 Å². The second-order valence-electron chi connectivity index (χ2n) is 4.66. The van der Waals surface area contributed by atoms with E-state index in [1.54, 1.807) is 0 Å². The number of rotatable bonds is 6. The molecule has 0 saturated carbocycles. The van der Waals surface area contributed by atoms with E-state index in [9.17, 15) is 13.2 Å².